The molecule has 2 aromatic heterocycles. The summed E-state index contributed by atoms with van der Waals surface area (Å²) >= 11 is 1.53. The van der Waals surface area contributed by atoms with Crippen LogP contribution in [0.3, 0.4) is 0 Å². The summed E-state index contributed by atoms with van der Waals surface area (Å²) in [6, 6.07) is 9.64. The Morgan fingerprint density at radius 1 is 1.17 bits per heavy atom. The number of aryl methyl sites for hydroxylation is 1. The van der Waals surface area contributed by atoms with E-state index in [1.807, 2.05) is 31.2 Å². The van der Waals surface area contributed by atoms with Gasteiger partial charge < -0.3 is 15.0 Å². The minimum Gasteiger partial charge on any atom is -0.489 e. The summed E-state index contributed by atoms with van der Waals surface area (Å²) < 4.78 is 7.29. The molecule has 0 saturated carbocycles. The highest BCUT2D eigenvalue weighted by Crippen LogP contribution is 2.36. The van der Waals surface area contributed by atoms with Crippen molar-refractivity contribution >= 4 is 38.4 Å². The average Bonchev–Trinajstić information content (AvgIpc) is 3.36. The van der Waals surface area contributed by atoms with Crippen LogP contribution in [-0.4, -0.2) is 33.5 Å². The summed E-state index contributed by atoms with van der Waals surface area (Å²) in [5.41, 5.74) is 5.05. The number of rotatable bonds is 4. The minimum absolute atomic E-state index is 0.0704. The maximum absolute atomic E-state index is 12.2. The monoisotopic (exact) mass is 420 g/mol. The maximum atomic E-state index is 12.2. The third-order valence-electron chi connectivity index (χ3n) is 5.54. The molecule has 1 saturated heterocycles. The SMILES string of the molecule is Cc1nc2cc(-c3cc(O[C@H](C)[C@H]4CNC(=O)C4)c4scnc4c3)ccc2c(=O)[nH]1. The molecule has 8 heteroatoms. The molecule has 3 heterocycles. The zero-order valence-corrected chi connectivity index (χ0v) is 17.4. The molecule has 2 N–H and O–H groups in total. The van der Waals surface area contributed by atoms with Gasteiger partial charge in [0.2, 0.25) is 5.91 Å². The van der Waals surface area contributed by atoms with Crippen molar-refractivity contribution in [3.8, 4) is 16.9 Å². The lowest BCUT2D eigenvalue weighted by Crippen LogP contribution is -2.25. The molecule has 1 fully saturated rings. The van der Waals surface area contributed by atoms with Gasteiger partial charge in [-0.05, 0) is 49.2 Å². The van der Waals surface area contributed by atoms with E-state index in [4.69, 9.17) is 4.74 Å². The van der Waals surface area contributed by atoms with Crippen LogP contribution >= 0.6 is 11.3 Å². The van der Waals surface area contributed by atoms with Crippen LogP contribution in [0.5, 0.6) is 5.75 Å². The smallest absolute Gasteiger partial charge is 0.258 e. The summed E-state index contributed by atoms with van der Waals surface area (Å²) in [4.78, 5) is 35.4. The van der Waals surface area contributed by atoms with Crippen molar-refractivity contribution in [2.75, 3.05) is 6.54 Å². The van der Waals surface area contributed by atoms with Gasteiger partial charge in [0.1, 0.15) is 17.7 Å². The number of nitrogens with one attached hydrogen (secondary N) is 2. The fourth-order valence-electron chi connectivity index (χ4n) is 3.88. The number of nitrogens with zero attached hydrogens (tertiary/aromatic N) is 2. The molecular weight excluding hydrogens is 400 g/mol. The fraction of sp³-hybridized carbons (Fsp3) is 0.273. The number of thiazole rings is 1. The number of ether oxygens (including phenoxy) is 1. The predicted molar refractivity (Wildman–Crippen MR) is 117 cm³/mol. The second-order valence-corrected chi connectivity index (χ2v) is 8.50. The van der Waals surface area contributed by atoms with Gasteiger partial charge in [0.05, 0.1) is 26.6 Å². The number of carbonyl (C=O) groups is 1. The number of amides is 1. The van der Waals surface area contributed by atoms with Crippen molar-refractivity contribution in [2.24, 2.45) is 5.92 Å². The van der Waals surface area contributed by atoms with E-state index < -0.39 is 0 Å². The summed E-state index contributed by atoms with van der Waals surface area (Å²) in [6.45, 7) is 4.40. The molecule has 1 aliphatic rings. The van der Waals surface area contributed by atoms with Gasteiger partial charge >= 0.3 is 0 Å². The van der Waals surface area contributed by atoms with Crippen molar-refractivity contribution in [1.29, 1.82) is 0 Å². The van der Waals surface area contributed by atoms with Crippen LogP contribution < -0.4 is 15.6 Å². The van der Waals surface area contributed by atoms with E-state index in [9.17, 15) is 9.59 Å². The van der Waals surface area contributed by atoms with E-state index in [-0.39, 0.29) is 23.5 Å². The molecule has 0 unspecified atom stereocenters. The van der Waals surface area contributed by atoms with Crippen molar-refractivity contribution in [3.63, 3.8) is 0 Å². The Kier molecular flexibility index (Phi) is 4.51. The Labute approximate surface area is 176 Å². The first-order valence-corrected chi connectivity index (χ1v) is 10.7. The van der Waals surface area contributed by atoms with Gasteiger partial charge in [-0.1, -0.05) is 6.07 Å². The third kappa shape index (κ3) is 3.33. The molecule has 0 aliphatic carbocycles. The molecule has 0 radical (unpaired) electrons. The Bertz CT molecular complexity index is 1340. The van der Waals surface area contributed by atoms with Crippen LogP contribution in [0, 0.1) is 12.8 Å². The molecule has 0 spiro atoms. The van der Waals surface area contributed by atoms with Crippen LogP contribution in [0.4, 0.5) is 0 Å². The summed E-state index contributed by atoms with van der Waals surface area (Å²) in [7, 11) is 0. The largest absolute Gasteiger partial charge is 0.489 e. The molecule has 2 aromatic carbocycles. The second-order valence-electron chi connectivity index (χ2n) is 7.65. The highest BCUT2D eigenvalue weighted by atomic mass is 32.1. The number of hydrogen-bond acceptors (Lipinski definition) is 6. The molecular formula is C22H20N4O3S. The summed E-state index contributed by atoms with van der Waals surface area (Å²) in [5.74, 6) is 1.55. The zero-order chi connectivity index (χ0) is 20.8. The second kappa shape index (κ2) is 7.21. The molecule has 5 rings (SSSR count). The zero-order valence-electron chi connectivity index (χ0n) is 16.6. The lowest BCUT2D eigenvalue weighted by atomic mass is 10.0. The van der Waals surface area contributed by atoms with E-state index >= 15 is 0 Å². The third-order valence-corrected chi connectivity index (χ3v) is 6.40. The standard InChI is InChI=1S/C22H20N4O3S/c1-11(15-8-20(27)23-9-15)29-19-7-14(6-18-21(19)30-10-24-18)13-3-4-16-17(5-13)25-12(2)26-22(16)28/h3-7,10-11,15H,8-9H2,1-2H3,(H,23,27)(H,25,26,28)/t11-,15-/m1/s1. The van der Waals surface area contributed by atoms with Crippen LogP contribution in [0.1, 0.15) is 19.2 Å². The van der Waals surface area contributed by atoms with Crippen LogP contribution in [0.25, 0.3) is 32.2 Å². The first-order chi connectivity index (χ1) is 14.5. The van der Waals surface area contributed by atoms with Gasteiger partial charge in [-0.15, -0.1) is 11.3 Å². The fourth-order valence-corrected chi connectivity index (χ4v) is 4.61. The lowest BCUT2D eigenvalue weighted by Gasteiger charge is -2.20. The van der Waals surface area contributed by atoms with Crippen LogP contribution in [-0.2, 0) is 4.79 Å². The molecule has 152 valence electrons. The first kappa shape index (κ1) is 18.7. The van der Waals surface area contributed by atoms with Crippen molar-refractivity contribution in [3.05, 3.63) is 52.0 Å². The maximum Gasteiger partial charge on any atom is 0.258 e. The van der Waals surface area contributed by atoms with Crippen LogP contribution in [0.15, 0.2) is 40.6 Å². The predicted octanol–water partition coefficient (Wildman–Crippen LogP) is 3.41. The highest BCUT2D eigenvalue weighted by molar-refractivity contribution is 7.17. The number of aromatic amines is 1. The van der Waals surface area contributed by atoms with Crippen molar-refractivity contribution in [2.45, 2.75) is 26.4 Å². The number of hydrogen-bond donors (Lipinski definition) is 2. The number of aromatic nitrogens is 3. The van der Waals surface area contributed by atoms with E-state index in [1.54, 1.807) is 18.5 Å². The highest BCUT2D eigenvalue weighted by Gasteiger charge is 2.28. The van der Waals surface area contributed by atoms with Crippen molar-refractivity contribution < 1.29 is 9.53 Å². The van der Waals surface area contributed by atoms with Crippen LogP contribution in [0.2, 0.25) is 0 Å². The molecule has 7 nitrogen and oxygen atoms in total. The van der Waals surface area contributed by atoms with E-state index in [0.717, 1.165) is 27.1 Å². The minimum atomic E-state index is -0.142. The van der Waals surface area contributed by atoms with E-state index in [1.165, 1.54) is 11.3 Å². The lowest BCUT2D eigenvalue weighted by molar-refractivity contribution is -0.119. The number of carbonyl (C=O) groups excluding carboxylic acids is 1. The van der Waals surface area contributed by atoms with E-state index in [2.05, 4.69) is 20.3 Å². The molecule has 0 bridgehead atoms. The number of benzene rings is 2. The Morgan fingerprint density at radius 2 is 2.00 bits per heavy atom. The van der Waals surface area contributed by atoms with Gasteiger partial charge in [0.25, 0.3) is 5.56 Å². The van der Waals surface area contributed by atoms with E-state index in [0.29, 0.717) is 29.7 Å². The van der Waals surface area contributed by atoms with Gasteiger partial charge in [-0.3, -0.25) is 9.59 Å². The number of H-pyrrole nitrogens is 1. The molecule has 1 amide bonds. The molecule has 1 aliphatic heterocycles. The quantitative estimate of drug-likeness (QED) is 0.527. The normalized spacial score (nSPS) is 17.4. The average molecular weight is 420 g/mol. The van der Waals surface area contributed by atoms with Gasteiger partial charge in [-0.2, -0.15) is 0 Å². The van der Waals surface area contributed by atoms with Gasteiger partial charge in [-0.25, -0.2) is 9.97 Å². The van der Waals surface area contributed by atoms with Gasteiger partial charge in [0, 0.05) is 18.9 Å². The topological polar surface area (TPSA) is 97.0 Å². The molecule has 4 aromatic rings. The van der Waals surface area contributed by atoms with Crippen molar-refractivity contribution in [1.82, 2.24) is 20.3 Å². The summed E-state index contributed by atoms with van der Waals surface area (Å²) in [5, 5.41) is 3.43. The first-order valence-electron chi connectivity index (χ1n) is 9.79. The Hall–Kier alpha value is -3.26. The molecule has 2 atom stereocenters. The Morgan fingerprint density at radius 3 is 2.80 bits per heavy atom. The molecule has 30 heavy (non-hydrogen) atoms. The Balaban J connectivity index is 1.56. The number of fused-ring (bicyclic) bond motifs is 2. The van der Waals surface area contributed by atoms with Gasteiger partial charge in [0.15, 0.2) is 0 Å². The summed E-state index contributed by atoms with van der Waals surface area (Å²) in [6.07, 6.45) is 0.376.